The van der Waals surface area contributed by atoms with E-state index in [1.54, 1.807) is 6.07 Å². The highest BCUT2D eigenvalue weighted by Crippen LogP contribution is 2.08. The Morgan fingerprint density at radius 1 is 1.00 bits per heavy atom. The normalized spacial score (nSPS) is 9.59. The second-order valence-electron chi connectivity index (χ2n) is 3.12. The Labute approximate surface area is 101 Å². The van der Waals surface area contributed by atoms with Gasteiger partial charge in [-0.15, -0.1) is 10.2 Å². The SMILES string of the molecule is Fc1ccc(C#Cc2ccc(Cl)nn2)c(F)c1. The summed E-state index contributed by atoms with van der Waals surface area (Å²) in [6, 6.07) is 6.27. The van der Waals surface area contributed by atoms with Crippen molar-refractivity contribution in [2.45, 2.75) is 0 Å². The topological polar surface area (TPSA) is 25.8 Å². The largest absolute Gasteiger partial charge is 0.207 e. The van der Waals surface area contributed by atoms with Crippen LogP contribution in [0.4, 0.5) is 8.78 Å². The molecule has 84 valence electrons. The van der Waals surface area contributed by atoms with Crippen molar-refractivity contribution in [2.75, 3.05) is 0 Å². The summed E-state index contributed by atoms with van der Waals surface area (Å²) in [6.07, 6.45) is 0. The zero-order valence-electron chi connectivity index (χ0n) is 8.42. The highest BCUT2D eigenvalue weighted by atomic mass is 35.5. The zero-order chi connectivity index (χ0) is 12.3. The fourth-order valence-electron chi connectivity index (χ4n) is 1.10. The maximum absolute atomic E-state index is 13.2. The molecule has 17 heavy (non-hydrogen) atoms. The van der Waals surface area contributed by atoms with Crippen LogP contribution in [-0.2, 0) is 0 Å². The fraction of sp³-hybridized carbons (Fsp3) is 0. The van der Waals surface area contributed by atoms with Gasteiger partial charge in [0.2, 0.25) is 0 Å². The molecule has 0 aliphatic carbocycles. The van der Waals surface area contributed by atoms with Crippen molar-refractivity contribution in [3.8, 4) is 11.8 Å². The lowest BCUT2D eigenvalue weighted by Gasteiger charge is -1.93. The summed E-state index contributed by atoms with van der Waals surface area (Å²) in [4.78, 5) is 0. The summed E-state index contributed by atoms with van der Waals surface area (Å²) in [5.41, 5.74) is 0.460. The van der Waals surface area contributed by atoms with E-state index >= 15 is 0 Å². The van der Waals surface area contributed by atoms with Gasteiger partial charge >= 0.3 is 0 Å². The van der Waals surface area contributed by atoms with Crippen molar-refractivity contribution in [1.82, 2.24) is 10.2 Å². The van der Waals surface area contributed by atoms with Gasteiger partial charge in [0.1, 0.15) is 17.3 Å². The minimum atomic E-state index is -0.709. The summed E-state index contributed by atoms with van der Waals surface area (Å²) >= 11 is 5.55. The second kappa shape index (κ2) is 4.89. The van der Waals surface area contributed by atoms with Crippen molar-refractivity contribution < 1.29 is 8.78 Å². The molecular formula is C12H5ClF2N2. The van der Waals surface area contributed by atoms with E-state index in [9.17, 15) is 8.78 Å². The molecule has 1 aromatic carbocycles. The first-order chi connectivity index (χ1) is 8.15. The molecule has 1 aromatic heterocycles. The average Bonchev–Trinajstić information content (AvgIpc) is 2.30. The lowest BCUT2D eigenvalue weighted by Crippen LogP contribution is -1.88. The van der Waals surface area contributed by atoms with E-state index in [4.69, 9.17) is 11.6 Å². The van der Waals surface area contributed by atoms with Crippen LogP contribution >= 0.6 is 11.6 Å². The maximum Gasteiger partial charge on any atom is 0.151 e. The molecule has 2 nitrogen and oxygen atoms in total. The van der Waals surface area contributed by atoms with Gasteiger partial charge in [-0.25, -0.2) is 8.78 Å². The summed E-state index contributed by atoms with van der Waals surface area (Å²) < 4.78 is 25.8. The average molecular weight is 251 g/mol. The van der Waals surface area contributed by atoms with Gasteiger partial charge in [-0.2, -0.15) is 0 Å². The van der Waals surface area contributed by atoms with E-state index in [2.05, 4.69) is 22.0 Å². The Bertz CT molecular complexity index is 600. The number of rotatable bonds is 0. The van der Waals surface area contributed by atoms with Crippen LogP contribution < -0.4 is 0 Å². The lowest BCUT2D eigenvalue weighted by molar-refractivity contribution is 0.581. The fourth-order valence-corrected chi connectivity index (χ4v) is 1.21. The second-order valence-corrected chi connectivity index (χ2v) is 3.50. The van der Waals surface area contributed by atoms with Gasteiger partial charge in [-0.3, -0.25) is 0 Å². The number of hydrogen-bond acceptors (Lipinski definition) is 2. The van der Waals surface area contributed by atoms with E-state index in [1.807, 2.05) is 0 Å². The molecule has 1 heterocycles. The van der Waals surface area contributed by atoms with E-state index in [0.29, 0.717) is 5.69 Å². The molecule has 5 heteroatoms. The Morgan fingerprint density at radius 2 is 1.82 bits per heavy atom. The van der Waals surface area contributed by atoms with Crippen molar-refractivity contribution in [2.24, 2.45) is 0 Å². The molecule has 0 atom stereocenters. The van der Waals surface area contributed by atoms with Crippen molar-refractivity contribution in [3.63, 3.8) is 0 Å². The maximum atomic E-state index is 13.2. The third-order valence-corrected chi connectivity index (χ3v) is 2.09. The van der Waals surface area contributed by atoms with Crippen LogP contribution in [0.25, 0.3) is 0 Å². The minimum Gasteiger partial charge on any atom is -0.207 e. The van der Waals surface area contributed by atoms with Gasteiger partial charge in [-0.1, -0.05) is 17.5 Å². The Hall–Kier alpha value is -1.99. The molecule has 0 N–H and O–H groups in total. The van der Waals surface area contributed by atoms with Crippen LogP contribution in [-0.4, -0.2) is 10.2 Å². The summed E-state index contributed by atoms with van der Waals surface area (Å²) in [5.74, 6) is 3.79. The predicted molar refractivity (Wildman–Crippen MR) is 59.4 cm³/mol. The van der Waals surface area contributed by atoms with Crippen LogP contribution in [0, 0.1) is 23.5 Å². The molecule has 0 radical (unpaired) electrons. The van der Waals surface area contributed by atoms with Crippen LogP contribution in [0.5, 0.6) is 0 Å². The quantitative estimate of drug-likeness (QED) is 0.672. The lowest BCUT2D eigenvalue weighted by atomic mass is 10.2. The van der Waals surface area contributed by atoms with Crippen LogP contribution in [0.1, 0.15) is 11.3 Å². The molecular weight excluding hydrogens is 246 g/mol. The van der Waals surface area contributed by atoms with E-state index < -0.39 is 11.6 Å². The van der Waals surface area contributed by atoms with E-state index in [1.165, 1.54) is 12.1 Å². The molecule has 0 aliphatic heterocycles. The number of halogens is 3. The van der Waals surface area contributed by atoms with Gasteiger partial charge in [0.05, 0.1) is 5.56 Å². The first-order valence-corrected chi connectivity index (χ1v) is 4.99. The molecule has 2 aromatic rings. The molecule has 0 spiro atoms. The van der Waals surface area contributed by atoms with E-state index in [0.717, 1.165) is 12.1 Å². The molecule has 0 saturated carbocycles. The van der Waals surface area contributed by atoms with Gasteiger partial charge in [-0.05, 0) is 30.2 Å². The monoisotopic (exact) mass is 250 g/mol. The Morgan fingerprint density at radius 3 is 2.47 bits per heavy atom. The highest BCUT2D eigenvalue weighted by molar-refractivity contribution is 6.29. The summed E-state index contributed by atoms with van der Waals surface area (Å²) in [6.45, 7) is 0. The standard InChI is InChI=1S/C12H5ClF2N2/c13-12-6-5-10(16-17-12)4-2-8-1-3-9(14)7-11(8)15/h1,3,5-7H. The van der Waals surface area contributed by atoms with Crippen molar-refractivity contribution >= 4 is 11.6 Å². The van der Waals surface area contributed by atoms with Gasteiger partial charge in [0.25, 0.3) is 0 Å². The summed E-state index contributed by atoms with van der Waals surface area (Å²) in [5, 5.41) is 7.53. The Balaban J connectivity index is 2.29. The predicted octanol–water partition coefficient (Wildman–Crippen LogP) is 2.81. The van der Waals surface area contributed by atoms with Crippen LogP contribution in [0.2, 0.25) is 5.15 Å². The van der Waals surface area contributed by atoms with Crippen molar-refractivity contribution in [3.05, 3.63) is 58.4 Å². The van der Waals surface area contributed by atoms with Gasteiger partial charge in [0, 0.05) is 6.07 Å². The molecule has 0 saturated heterocycles. The van der Waals surface area contributed by atoms with Crippen molar-refractivity contribution in [1.29, 1.82) is 0 Å². The highest BCUT2D eigenvalue weighted by Gasteiger charge is 2.00. The van der Waals surface area contributed by atoms with Gasteiger partial charge < -0.3 is 0 Å². The molecule has 0 aliphatic rings. The van der Waals surface area contributed by atoms with Crippen LogP contribution in [0.3, 0.4) is 0 Å². The smallest absolute Gasteiger partial charge is 0.151 e. The summed E-state index contributed by atoms with van der Waals surface area (Å²) in [7, 11) is 0. The Kier molecular flexibility index (Phi) is 3.31. The first kappa shape index (κ1) is 11.5. The molecule has 0 amide bonds. The number of hydrogen-bond donors (Lipinski definition) is 0. The van der Waals surface area contributed by atoms with Crippen LogP contribution in [0.15, 0.2) is 30.3 Å². The molecule has 2 rings (SSSR count). The number of benzene rings is 1. The minimum absolute atomic E-state index is 0.100. The number of nitrogens with zero attached hydrogens (tertiary/aromatic N) is 2. The third-order valence-electron chi connectivity index (χ3n) is 1.89. The third kappa shape index (κ3) is 2.99. The number of aromatic nitrogens is 2. The first-order valence-electron chi connectivity index (χ1n) is 4.61. The van der Waals surface area contributed by atoms with Gasteiger partial charge in [0.15, 0.2) is 5.15 Å². The molecule has 0 bridgehead atoms. The molecule has 0 fully saturated rings. The zero-order valence-corrected chi connectivity index (χ0v) is 9.17. The molecule has 0 unspecified atom stereocenters. The van der Waals surface area contributed by atoms with E-state index in [-0.39, 0.29) is 10.7 Å².